The molecule has 5 heteroatoms. The second-order valence-electron chi connectivity index (χ2n) is 6.16. The summed E-state index contributed by atoms with van der Waals surface area (Å²) in [6, 6.07) is 0.497. The largest absolute Gasteiger partial charge is 0.367 e. The van der Waals surface area contributed by atoms with Crippen LogP contribution in [0.3, 0.4) is 0 Å². The Hall–Kier alpha value is 0.0300. The minimum Gasteiger partial charge on any atom is -0.367 e. The van der Waals surface area contributed by atoms with Crippen molar-refractivity contribution in [1.29, 1.82) is 0 Å². The maximum atomic E-state index is 11.5. The van der Waals surface area contributed by atoms with Crippen molar-refractivity contribution in [2.45, 2.75) is 37.0 Å². The van der Waals surface area contributed by atoms with Gasteiger partial charge in [0, 0.05) is 59.8 Å². The van der Waals surface area contributed by atoms with E-state index in [0.717, 1.165) is 44.0 Å². The standard InChI is InChI=1S/C12H20N2O2S/c15-17-3-1-11(2-4-17)7-14-10(11)12-5-9(16-12)6-13-8-12/h9-10,13-14H,1-8H2. The van der Waals surface area contributed by atoms with Crippen molar-refractivity contribution in [3.05, 3.63) is 0 Å². The molecular weight excluding hydrogens is 236 g/mol. The lowest BCUT2D eigenvalue weighted by Crippen LogP contribution is -2.81. The molecule has 1 spiro atoms. The Bertz CT molecular complexity index is 352. The van der Waals surface area contributed by atoms with Crippen LogP contribution in [0.5, 0.6) is 0 Å². The number of piperidine rings is 1. The molecule has 0 amide bonds. The molecule has 0 saturated carbocycles. The molecule has 96 valence electrons. The molecule has 5 aliphatic rings. The number of hydrogen-bond acceptors (Lipinski definition) is 4. The quantitative estimate of drug-likeness (QED) is 0.671. The Labute approximate surface area is 104 Å². The molecular formula is C12H20N2O2S. The second kappa shape index (κ2) is 3.53. The highest BCUT2D eigenvalue weighted by Crippen LogP contribution is 2.51. The summed E-state index contributed by atoms with van der Waals surface area (Å²) in [6.45, 7) is 3.11. The zero-order chi connectivity index (χ0) is 11.5. The van der Waals surface area contributed by atoms with Crippen LogP contribution in [0.25, 0.3) is 0 Å². The predicted octanol–water partition coefficient (Wildman–Crippen LogP) is -0.382. The van der Waals surface area contributed by atoms with Gasteiger partial charge in [-0.25, -0.2) is 0 Å². The Morgan fingerprint density at radius 2 is 2.00 bits per heavy atom. The fourth-order valence-corrected chi connectivity index (χ4v) is 5.70. The monoisotopic (exact) mass is 256 g/mol. The number of morpholine rings is 1. The van der Waals surface area contributed by atoms with Gasteiger partial charge in [0.25, 0.3) is 0 Å². The van der Waals surface area contributed by atoms with E-state index in [1.54, 1.807) is 0 Å². The van der Waals surface area contributed by atoms with Crippen LogP contribution in [0, 0.1) is 5.41 Å². The Morgan fingerprint density at radius 1 is 1.24 bits per heavy atom. The van der Waals surface area contributed by atoms with Crippen molar-refractivity contribution in [2.75, 3.05) is 31.1 Å². The molecule has 2 N–H and O–H groups in total. The van der Waals surface area contributed by atoms with Crippen LogP contribution in [0.2, 0.25) is 0 Å². The highest BCUT2D eigenvalue weighted by atomic mass is 32.2. The maximum absolute atomic E-state index is 11.5. The molecule has 0 aliphatic carbocycles. The minimum absolute atomic E-state index is 0.0556. The first kappa shape index (κ1) is 10.9. The zero-order valence-electron chi connectivity index (χ0n) is 10.0. The van der Waals surface area contributed by atoms with E-state index in [4.69, 9.17) is 4.74 Å². The van der Waals surface area contributed by atoms with E-state index in [1.165, 1.54) is 6.42 Å². The summed E-state index contributed by atoms with van der Waals surface area (Å²) in [5.41, 5.74) is 0.442. The lowest BCUT2D eigenvalue weighted by Gasteiger charge is -2.66. The summed E-state index contributed by atoms with van der Waals surface area (Å²) in [5.74, 6) is 1.79. The first-order chi connectivity index (χ1) is 8.23. The number of hydrogen-bond donors (Lipinski definition) is 2. The third kappa shape index (κ3) is 1.43. The number of rotatable bonds is 1. The van der Waals surface area contributed by atoms with Gasteiger partial charge in [0.15, 0.2) is 0 Å². The predicted molar refractivity (Wildman–Crippen MR) is 66.4 cm³/mol. The minimum atomic E-state index is -0.559. The molecule has 5 heterocycles. The van der Waals surface area contributed by atoms with Crippen LogP contribution >= 0.6 is 0 Å². The van der Waals surface area contributed by atoms with Gasteiger partial charge < -0.3 is 15.4 Å². The average Bonchev–Trinajstić information content (AvgIpc) is 2.28. The Morgan fingerprint density at radius 3 is 2.53 bits per heavy atom. The normalized spacial score (nSPS) is 57.3. The van der Waals surface area contributed by atoms with Gasteiger partial charge in [-0.05, 0) is 12.8 Å². The molecule has 3 unspecified atom stereocenters. The summed E-state index contributed by atoms with van der Waals surface area (Å²) in [6.07, 6.45) is 3.89. The van der Waals surface area contributed by atoms with E-state index in [-0.39, 0.29) is 5.60 Å². The Kier molecular flexibility index (Phi) is 2.26. The van der Waals surface area contributed by atoms with Gasteiger partial charge in [-0.15, -0.1) is 0 Å². The average molecular weight is 256 g/mol. The zero-order valence-corrected chi connectivity index (χ0v) is 10.9. The van der Waals surface area contributed by atoms with E-state index >= 15 is 0 Å². The summed E-state index contributed by atoms with van der Waals surface area (Å²) in [4.78, 5) is 0. The fourth-order valence-electron chi connectivity index (χ4n) is 4.23. The van der Waals surface area contributed by atoms with Crippen LogP contribution in [-0.2, 0) is 15.5 Å². The maximum Gasteiger partial charge on any atom is 0.0993 e. The van der Waals surface area contributed by atoms with E-state index in [0.29, 0.717) is 17.6 Å². The highest BCUT2D eigenvalue weighted by Gasteiger charge is 2.63. The van der Waals surface area contributed by atoms with Crippen molar-refractivity contribution >= 4 is 10.8 Å². The third-order valence-electron chi connectivity index (χ3n) is 5.22. The van der Waals surface area contributed by atoms with Crippen molar-refractivity contribution in [2.24, 2.45) is 5.41 Å². The summed E-state index contributed by atoms with van der Waals surface area (Å²) >= 11 is 0. The molecule has 5 saturated heterocycles. The SMILES string of the molecule is O=S1CCC2(CC1)CNC2C12CNCC(C1)O2. The number of nitrogens with one attached hydrogen (secondary N) is 2. The summed E-state index contributed by atoms with van der Waals surface area (Å²) in [5, 5.41) is 7.09. The van der Waals surface area contributed by atoms with E-state index in [2.05, 4.69) is 10.6 Å². The molecule has 5 aliphatic heterocycles. The number of fused-ring (bicyclic) bond motifs is 2. The van der Waals surface area contributed by atoms with Gasteiger partial charge in [-0.1, -0.05) is 0 Å². The molecule has 4 nitrogen and oxygen atoms in total. The topological polar surface area (TPSA) is 50.4 Å². The lowest BCUT2D eigenvalue weighted by atomic mass is 9.59. The molecule has 0 aromatic carbocycles. The summed E-state index contributed by atoms with van der Waals surface area (Å²) < 4.78 is 17.6. The van der Waals surface area contributed by atoms with E-state index in [9.17, 15) is 4.21 Å². The van der Waals surface area contributed by atoms with Crippen LogP contribution in [0.4, 0.5) is 0 Å². The van der Waals surface area contributed by atoms with Crippen molar-refractivity contribution < 1.29 is 8.95 Å². The second-order valence-corrected chi connectivity index (χ2v) is 7.86. The Balaban J connectivity index is 1.53. The van der Waals surface area contributed by atoms with Gasteiger partial charge in [0.05, 0.1) is 11.7 Å². The lowest BCUT2D eigenvalue weighted by molar-refractivity contribution is -0.267. The molecule has 5 rings (SSSR count). The van der Waals surface area contributed by atoms with E-state index < -0.39 is 10.8 Å². The molecule has 2 bridgehead atoms. The smallest absolute Gasteiger partial charge is 0.0993 e. The molecule has 17 heavy (non-hydrogen) atoms. The van der Waals surface area contributed by atoms with Crippen molar-refractivity contribution in [3.63, 3.8) is 0 Å². The molecule has 3 atom stereocenters. The van der Waals surface area contributed by atoms with Gasteiger partial charge in [0.1, 0.15) is 0 Å². The molecule has 5 fully saturated rings. The highest BCUT2D eigenvalue weighted by molar-refractivity contribution is 7.85. The van der Waals surface area contributed by atoms with Crippen LogP contribution in [0.15, 0.2) is 0 Å². The first-order valence-corrected chi connectivity index (χ1v) is 8.18. The van der Waals surface area contributed by atoms with Gasteiger partial charge >= 0.3 is 0 Å². The third-order valence-corrected chi connectivity index (χ3v) is 6.54. The van der Waals surface area contributed by atoms with Crippen molar-refractivity contribution in [1.82, 2.24) is 10.6 Å². The van der Waals surface area contributed by atoms with Gasteiger partial charge in [0.2, 0.25) is 0 Å². The van der Waals surface area contributed by atoms with Crippen LogP contribution < -0.4 is 10.6 Å². The molecule has 0 aromatic heterocycles. The van der Waals surface area contributed by atoms with Crippen LogP contribution in [-0.4, -0.2) is 53.1 Å². The van der Waals surface area contributed by atoms with E-state index in [1.807, 2.05) is 0 Å². The van der Waals surface area contributed by atoms with Gasteiger partial charge in [-0.2, -0.15) is 0 Å². The first-order valence-electron chi connectivity index (χ1n) is 6.69. The fraction of sp³-hybridized carbons (Fsp3) is 1.00. The summed E-state index contributed by atoms with van der Waals surface area (Å²) in [7, 11) is -0.559. The van der Waals surface area contributed by atoms with Crippen molar-refractivity contribution in [3.8, 4) is 0 Å². The van der Waals surface area contributed by atoms with Crippen LogP contribution in [0.1, 0.15) is 19.3 Å². The van der Waals surface area contributed by atoms with Gasteiger partial charge in [-0.3, -0.25) is 4.21 Å². The number of ether oxygens (including phenoxy) is 1. The molecule has 0 radical (unpaired) electrons. The molecule has 0 aromatic rings.